The van der Waals surface area contributed by atoms with Gasteiger partial charge in [-0.25, -0.2) is 0 Å². The summed E-state index contributed by atoms with van der Waals surface area (Å²) in [5.74, 6) is 0. The van der Waals surface area contributed by atoms with Crippen LogP contribution in [0.2, 0.25) is 0 Å². The van der Waals surface area contributed by atoms with E-state index in [1.807, 2.05) is 18.3 Å². The highest BCUT2D eigenvalue weighted by Crippen LogP contribution is 2.42. The predicted octanol–water partition coefficient (Wildman–Crippen LogP) is 5.20. The second-order valence-corrected chi connectivity index (χ2v) is 9.44. The minimum absolute atomic E-state index is 0.00419. The molecule has 2 aromatic heterocycles. The van der Waals surface area contributed by atoms with Crippen LogP contribution in [-0.4, -0.2) is 38.8 Å². The summed E-state index contributed by atoms with van der Waals surface area (Å²) in [6.45, 7) is 8.29. The van der Waals surface area contributed by atoms with Gasteiger partial charge in [-0.1, -0.05) is 31.2 Å². The Hall–Kier alpha value is -2.70. The Morgan fingerprint density at radius 2 is 1.97 bits per heavy atom. The van der Waals surface area contributed by atoms with Crippen LogP contribution in [-0.2, 0) is 11.2 Å². The maximum atomic E-state index is 6.00. The number of nitrogens with one attached hydrogen (secondary N) is 1. The van der Waals surface area contributed by atoms with E-state index in [0.29, 0.717) is 0 Å². The molecule has 0 aliphatic carbocycles. The molecule has 1 N–H and O–H groups in total. The quantitative estimate of drug-likeness (QED) is 0.512. The number of aromatic nitrogens is 2. The zero-order valence-corrected chi connectivity index (χ0v) is 20.4. The fourth-order valence-corrected chi connectivity index (χ4v) is 5.75. The smallest absolute Gasteiger partial charge is 0.170 e. The van der Waals surface area contributed by atoms with Gasteiger partial charge in [0.2, 0.25) is 0 Å². The van der Waals surface area contributed by atoms with Crippen molar-refractivity contribution in [3.63, 3.8) is 0 Å². The van der Waals surface area contributed by atoms with Crippen molar-refractivity contribution in [2.75, 3.05) is 13.2 Å². The zero-order valence-electron chi connectivity index (χ0n) is 19.6. The Kier molecular flexibility index (Phi) is 6.21. The molecule has 4 heterocycles. The third kappa shape index (κ3) is 4.06. The van der Waals surface area contributed by atoms with Gasteiger partial charge in [0.1, 0.15) is 0 Å². The largest absolute Gasteiger partial charge is 0.376 e. The van der Waals surface area contributed by atoms with Crippen LogP contribution in [0.5, 0.6) is 0 Å². The third-order valence-corrected chi connectivity index (χ3v) is 7.38. The maximum absolute atomic E-state index is 6.00. The Morgan fingerprint density at radius 1 is 1.15 bits per heavy atom. The number of rotatable bonds is 6. The molecular weight excluding hydrogens is 428 g/mol. The minimum Gasteiger partial charge on any atom is -0.376 e. The monoisotopic (exact) mass is 460 g/mol. The molecule has 0 spiro atoms. The van der Waals surface area contributed by atoms with E-state index in [4.69, 9.17) is 21.9 Å². The van der Waals surface area contributed by atoms with Gasteiger partial charge in [0.25, 0.3) is 0 Å². The second kappa shape index (κ2) is 9.27. The molecule has 172 valence electrons. The van der Waals surface area contributed by atoms with Crippen LogP contribution in [0.3, 0.4) is 0 Å². The van der Waals surface area contributed by atoms with Crippen molar-refractivity contribution >= 4 is 17.3 Å². The highest BCUT2D eigenvalue weighted by Gasteiger charge is 2.42. The van der Waals surface area contributed by atoms with Gasteiger partial charge in [0.05, 0.1) is 23.9 Å². The predicted molar refractivity (Wildman–Crippen MR) is 136 cm³/mol. The molecule has 3 atom stereocenters. The molecule has 2 aliphatic rings. The molecule has 6 heteroatoms. The fraction of sp³-hybridized carbons (Fsp3) is 0.407. The molecule has 2 fully saturated rings. The SMILES string of the molecule is CCc1ccccc1-n1c(C)cc([C@@H]2[C@@H](c3ccccn3)NC(=S)N2C[C@H]2CCCO2)c1C. The first-order valence-corrected chi connectivity index (χ1v) is 12.4. The van der Waals surface area contributed by atoms with Crippen molar-refractivity contribution in [2.45, 2.75) is 58.2 Å². The molecule has 0 amide bonds. The van der Waals surface area contributed by atoms with E-state index in [1.165, 1.54) is 28.2 Å². The normalized spacial score (nSPS) is 22.7. The summed E-state index contributed by atoms with van der Waals surface area (Å²) >= 11 is 5.87. The van der Waals surface area contributed by atoms with Crippen LogP contribution in [0.15, 0.2) is 54.7 Å². The summed E-state index contributed by atoms with van der Waals surface area (Å²) in [7, 11) is 0. The van der Waals surface area contributed by atoms with Gasteiger partial charge in [-0.3, -0.25) is 4.98 Å². The van der Waals surface area contributed by atoms with Crippen LogP contribution in [0.1, 0.15) is 60.1 Å². The Morgan fingerprint density at radius 3 is 2.70 bits per heavy atom. The summed E-state index contributed by atoms with van der Waals surface area (Å²) in [5, 5.41) is 4.37. The van der Waals surface area contributed by atoms with Crippen LogP contribution >= 0.6 is 12.2 Å². The van der Waals surface area contributed by atoms with Gasteiger partial charge in [0, 0.05) is 36.4 Å². The molecule has 3 aromatic rings. The van der Waals surface area contributed by atoms with E-state index in [9.17, 15) is 0 Å². The number of hydrogen-bond donors (Lipinski definition) is 1. The number of para-hydroxylation sites is 1. The van der Waals surface area contributed by atoms with Gasteiger partial charge in [-0.05, 0) is 80.7 Å². The average Bonchev–Trinajstić information content (AvgIpc) is 3.53. The van der Waals surface area contributed by atoms with Crippen molar-refractivity contribution in [1.82, 2.24) is 19.8 Å². The van der Waals surface area contributed by atoms with Gasteiger partial charge in [-0.2, -0.15) is 0 Å². The van der Waals surface area contributed by atoms with Crippen molar-refractivity contribution in [3.8, 4) is 5.69 Å². The van der Waals surface area contributed by atoms with Gasteiger partial charge < -0.3 is 19.5 Å². The standard InChI is InChI=1S/C27H32N4OS/c1-4-20-10-5-6-13-24(20)31-18(2)16-22(19(31)3)26-25(23-12-7-8-14-28-23)29-27(33)30(26)17-21-11-9-15-32-21/h5-8,10,12-14,16,21,25-26H,4,9,11,15,17H2,1-3H3,(H,29,33)/t21-,25-,26-/m1/s1. The summed E-state index contributed by atoms with van der Waals surface area (Å²) in [6.07, 6.45) is 5.29. The van der Waals surface area contributed by atoms with Crippen molar-refractivity contribution in [1.29, 1.82) is 0 Å². The lowest BCUT2D eigenvalue weighted by Crippen LogP contribution is -2.36. The first kappa shape index (κ1) is 22.1. The molecule has 2 aliphatic heterocycles. The topological polar surface area (TPSA) is 42.3 Å². The highest BCUT2D eigenvalue weighted by molar-refractivity contribution is 7.80. The number of nitrogens with zero attached hydrogens (tertiary/aromatic N) is 3. The summed E-state index contributed by atoms with van der Waals surface area (Å²) in [5.41, 5.74) is 7.40. The van der Waals surface area contributed by atoms with Crippen LogP contribution in [0.25, 0.3) is 5.69 Å². The zero-order chi connectivity index (χ0) is 22.9. The summed E-state index contributed by atoms with van der Waals surface area (Å²) in [6, 6.07) is 17.2. The highest BCUT2D eigenvalue weighted by atomic mass is 32.1. The van der Waals surface area contributed by atoms with Gasteiger partial charge >= 0.3 is 0 Å². The number of hydrogen-bond acceptors (Lipinski definition) is 3. The average molecular weight is 461 g/mol. The number of pyridine rings is 1. The molecule has 1 aromatic carbocycles. The van der Waals surface area contributed by atoms with Crippen LogP contribution in [0, 0.1) is 13.8 Å². The van der Waals surface area contributed by atoms with E-state index in [1.54, 1.807) is 0 Å². The minimum atomic E-state index is -0.00419. The fourth-order valence-electron chi connectivity index (χ4n) is 5.43. The maximum Gasteiger partial charge on any atom is 0.170 e. The molecule has 2 saturated heterocycles. The lowest BCUT2D eigenvalue weighted by atomic mass is 9.96. The molecule has 33 heavy (non-hydrogen) atoms. The van der Waals surface area contributed by atoms with Crippen LogP contribution in [0.4, 0.5) is 0 Å². The van der Waals surface area contributed by atoms with Crippen LogP contribution < -0.4 is 5.32 Å². The van der Waals surface area contributed by atoms with E-state index in [0.717, 1.165) is 43.2 Å². The number of ether oxygens (including phenoxy) is 1. The number of aryl methyl sites for hydroxylation is 2. The van der Waals surface area contributed by atoms with E-state index in [2.05, 4.69) is 72.0 Å². The number of benzene rings is 1. The Bertz CT molecular complexity index is 1140. The molecule has 5 rings (SSSR count). The van der Waals surface area contributed by atoms with Crippen molar-refractivity contribution in [3.05, 3.63) is 82.9 Å². The molecule has 0 radical (unpaired) electrons. The molecule has 0 bridgehead atoms. The Labute approximate surface area is 201 Å². The molecule has 0 unspecified atom stereocenters. The van der Waals surface area contributed by atoms with E-state index in [-0.39, 0.29) is 18.2 Å². The van der Waals surface area contributed by atoms with Gasteiger partial charge in [0.15, 0.2) is 5.11 Å². The molecular formula is C27H32N4OS. The lowest BCUT2D eigenvalue weighted by molar-refractivity contribution is 0.0842. The first-order chi connectivity index (χ1) is 16.1. The third-order valence-electron chi connectivity index (χ3n) is 7.02. The number of thiocarbonyl (C=S) groups is 1. The van der Waals surface area contributed by atoms with Crippen molar-refractivity contribution in [2.24, 2.45) is 0 Å². The van der Waals surface area contributed by atoms with E-state index >= 15 is 0 Å². The van der Waals surface area contributed by atoms with E-state index < -0.39 is 0 Å². The van der Waals surface area contributed by atoms with Crippen molar-refractivity contribution < 1.29 is 4.74 Å². The lowest BCUT2D eigenvalue weighted by Gasteiger charge is -2.30. The molecule has 0 saturated carbocycles. The summed E-state index contributed by atoms with van der Waals surface area (Å²) < 4.78 is 8.40. The second-order valence-electron chi connectivity index (χ2n) is 9.06. The Balaban J connectivity index is 1.61. The summed E-state index contributed by atoms with van der Waals surface area (Å²) in [4.78, 5) is 7.03. The molecule has 5 nitrogen and oxygen atoms in total. The van der Waals surface area contributed by atoms with Gasteiger partial charge in [-0.15, -0.1) is 0 Å². The first-order valence-electron chi connectivity index (χ1n) is 11.9.